The van der Waals surface area contributed by atoms with Crippen molar-refractivity contribution in [2.45, 2.75) is 6.92 Å². The van der Waals surface area contributed by atoms with E-state index in [0.29, 0.717) is 15.2 Å². The third kappa shape index (κ3) is 3.21. The number of aryl methyl sites for hydroxylation is 1. The van der Waals surface area contributed by atoms with Gasteiger partial charge in [0, 0.05) is 11.1 Å². The fourth-order valence-electron chi connectivity index (χ4n) is 1.42. The van der Waals surface area contributed by atoms with Crippen molar-refractivity contribution in [3.8, 4) is 11.6 Å². The van der Waals surface area contributed by atoms with Gasteiger partial charge in [-0.3, -0.25) is 10.1 Å². The topological polar surface area (TPSA) is 65.3 Å². The van der Waals surface area contributed by atoms with E-state index in [1.54, 1.807) is 18.2 Å². The highest BCUT2D eigenvalue weighted by atomic mass is 79.9. The van der Waals surface area contributed by atoms with Crippen LogP contribution in [0.2, 0.25) is 5.02 Å². The van der Waals surface area contributed by atoms with Crippen molar-refractivity contribution >= 4 is 33.2 Å². The molecule has 0 aliphatic heterocycles. The highest BCUT2D eigenvalue weighted by molar-refractivity contribution is 9.10. The largest absolute Gasteiger partial charge is 0.438 e. The lowest BCUT2D eigenvalue weighted by molar-refractivity contribution is -0.385. The maximum absolute atomic E-state index is 10.6. The Morgan fingerprint density at radius 3 is 2.74 bits per heavy atom. The number of nitrogens with zero attached hydrogens (tertiary/aromatic N) is 2. The molecule has 5 nitrogen and oxygen atoms in total. The Labute approximate surface area is 122 Å². The van der Waals surface area contributed by atoms with Crippen LogP contribution in [0.5, 0.6) is 11.6 Å². The Morgan fingerprint density at radius 1 is 1.42 bits per heavy atom. The summed E-state index contributed by atoms with van der Waals surface area (Å²) in [6, 6.07) is 6.51. The minimum Gasteiger partial charge on any atom is -0.438 e. The summed E-state index contributed by atoms with van der Waals surface area (Å²) in [5.74, 6) is 0.850. The molecule has 7 heteroatoms. The first-order valence-corrected chi connectivity index (χ1v) is 6.38. The molecule has 0 spiro atoms. The lowest BCUT2D eigenvalue weighted by Gasteiger charge is -2.09. The second-order valence-electron chi connectivity index (χ2n) is 3.75. The van der Waals surface area contributed by atoms with Crippen LogP contribution in [0, 0.1) is 17.0 Å². The van der Waals surface area contributed by atoms with Crippen molar-refractivity contribution in [2.75, 3.05) is 0 Å². The Balaban J connectivity index is 2.31. The van der Waals surface area contributed by atoms with Gasteiger partial charge in [-0.2, -0.15) is 0 Å². The number of pyridine rings is 1. The fraction of sp³-hybridized carbons (Fsp3) is 0.0833. The second-order valence-corrected chi connectivity index (χ2v) is 5.04. The van der Waals surface area contributed by atoms with E-state index >= 15 is 0 Å². The van der Waals surface area contributed by atoms with Gasteiger partial charge in [0.15, 0.2) is 0 Å². The molecule has 1 aromatic heterocycles. The maximum atomic E-state index is 10.6. The van der Waals surface area contributed by atoms with Crippen LogP contribution < -0.4 is 4.74 Å². The van der Waals surface area contributed by atoms with E-state index < -0.39 is 4.92 Å². The van der Waals surface area contributed by atoms with Gasteiger partial charge >= 0.3 is 0 Å². The van der Waals surface area contributed by atoms with E-state index in [1.165, 1.54) is 6.07 Å². The summed E-state index contributed by atoms with van der Waals surface area (Å²) in [5.41, 5.74) is 0.742. The van der Waals surface area contributed by atoms with Gasteiger partial charge in [0.25, 0.3) is 5.69 Å². The summed E-state index contributed by atoms with van der Waals surface area (Å²) < 4.78 is 6.00. The Kier molecular flexibility index (Phi) is 4.01. The highest BCUT2D eigenvalue weighted by Crippen LogP contribution is 2.32. The standard InChI is InChI=1S/C12H8BrClN2O3/c1-7-4-8(14)2-3-11(7)19-12-10(13)5-9(6-15-12)16(17)18/h2-6H,1H3. The molecule has 19 heavy (non-hydrogen) atoms. The number of hydrogen-bond donors (Lipinski definition) is 0. The van der Waals surface area contributed by atoms with Crippen LogP contribution in [0.4, 0.5) is 5.69 Å². The third-order valence-electron chi connectivity index (χ3n) is 2.35. The van der Waals surface area contributed by atoms with E-state index in [4.69, 9.17) is 16.3 Å². The lowest BCUT2D eigenvalue weighted by atomic mass is 10.2. The highest BCUT2D eigenvalue weighted by Gasteiger charge is 2.13. The molecule has 2 aromatic rings. The van der Waals surface area contributed by atoms with Gasteiger partial charge in [-0.15, -0.1) is 0 Å². The SMILES string of the molecule is Cc1cc(Cl)ccc1Oc1ncc([N+](=O)[O-])cc1Br. The van der Waals surface area contributed by atoms with E-state index in [2.05, 4.69) is 20.9 Å². The average molecular weight is 344 g/mol. The van der Waals surface area contributed by atoms with Crippen molar-refractivity contribution in [3.05, 3.63) is 55.6 Å². The van der Waals surface area contributed by atoms with Crippen LogP contribution in [0.1, 0.15) is 5.56 Å². The van der Waals surface area contributed by atoms with Crippen LogP contribution in [0.3, 0.4) is 0 Å². The summed E-state index contributed by atoms with van der Waals surface area (Å²) in [6.45, 7) is 1.85. The van der Waals surface area contributed by atoms with Gasteiger partial charge in [0.2, 0.25) is 5.88 Å². The van der Waals surface area contributed by atoms with Gasteiger partial charge in [-0.05, 0) is 46.6 Å². The summed E-state index contributed by atoms with van der Waals surface area (Å²) >= 11 is 9.05. The van der Waals surface area contributed by atoms with Crippen molar-refractivity contribution < 1.29 is 9.66 Å². The molecule has 2 rings (SSSR count). The molecule has 0 radical (unpaired) electrons. The molecule has 0 saturated heterocycles. The first-order chi connectivity index (χ1) is 8.97. The van der Waals surface area contributed by atoms with Crippen LogP contribution in [0.15, 0.2) is 34.9 Å². The maximum Gasteiger partial charge on any atom is 0.288 e. The molecule has 0 atom stereocenters. The summed E-state index contributed by atoms with van der Waals surface area (Å²) in [6.07, 6.45) is 1.14. The Hall–Kier alpha value is -1.66. The third-order valence-corrected chi connectivity index (χ3v) is 3.15. The fourth-order valence-corrected chi connectivity index (χ4v) is 2.07. The molecule has 1 heterocycles. The first kappa shape index (κ1) is 13.8. The predicted molar refractivity (Wildman–Crippen MR) is 74.9 cm³/mol. The van der Waals surface area contributed by atoms with Crippen molar-refractivity contribution in [1.29, 1.82) is 0 Å². The number of aromatic nitrogens is 1. The molecule has 0 aliphatic rings. The molecule has 0 unspecified atom stereocenters. The molecule has 0 bridgehead atoms. The number of nitro groups is 1. The number of hydrogen-bond acceptors (Lipinski definition) is 4. The van der Waals surface area contributed by atoms with E-state index in [0.717, 1.165) is 11.8 Å². The minimum absolute atomic E-state index is 0.105. The first-order valence-electron chi connectivity index (χ1n) is 5.21. The van der Waals surface area contributed by atoms with Crippen LogP contribution in [-0.2, 0) is 0 Å². The van der Waals surface area contributed by atoms with Gasteiger partial charge in [-0.1, -0.05) is 11.6 Å². The molecular weight excluding hydrogens is 336 g/mol. The van der Waals surface area contributed by atoms with Crippen molar-refractivity contribution in [2.24, 2.45) is 0 Å². The van der Waals surface area contributed by atoms with Gasteiger partial charge in [-0.25, -0.2) is 4.98 Å². The minimum atomic E-state index is -0.519. The van der Waals surface area contributed by atoms with Gasteiger partial charge < -0.3 is 4.74 Å². The number of halogens is 2. The quantitative estimate of drug-likeness (QED) is 0.607. The number of ether oxygens (including phenoxy) is 1. The normalized spacial score (nSPS) is 10.3. The van der Waals surface area contributed by atoms with Gasteiger partial charge in [0.1, 0.15) is 11.9 Å². The second kappa shape index (κ2) is 5.54. The molecule has 1 aromatic carbocycles. The average Bonchev–Trinajstić information content (AvgIpc) is 2.34. The molecule has 98 valence electrons. The Morgan fingerprint density at radius 2 is 2.16 bits per heavy atom. The molecular formula is C12H8BrClN2O3. The van der Waals surface area contributed by atoms with E-state index in [9.17, 15) is 10.1 Å². The van der Waals surface area contributed by atoms with E-state index in [1.807, 2.05) is 6.92 Å². The smallest absolute Gasteiger partial charge is 0.288 e. The predicted octanol–water partition coefficient (Wildman–Crippen LogP) is 4.51. The van der Waals surface area contributed by atoms with Crippen LogP contribution in [-0.4, -0.2) is 9.91 Å². The molecule has 0 fully saturated rings. The number of benzene rings is 1. The molecule has 0 aliphatic carbocycles. The van der Waals surface area contributed by atoms with Crippen LogP contribution >= 0.6 is 27.5 Å². The lowest BCUT2D eigenvalue weighted by Crippen LogP contribution is -1.94. The molecule has 0 saturated carbocycles. The zero-order valence-corrected chi connectivity index (χ0v) is 12.1. The van der Waals surface area contributed by atoms with Crippen molar-refractivity contribution in [1.82, 2.24) is 4.98 Å². The summed E-state index contributed by atoms with van der Waals surface area (Å²) in [7, 11) is 0. The number of rotatable bonds is 3. The summed E-state index contributed by atoms with van der Waals surface area (Å²) in [4.78, 5) is 14.0. The van der Waals surface area contributed by atoms with Crippen molar-refractivity contribution in [3.63, 3.8) is 0 Å². The molecule has 0 amide bonds. The van der Waals surface area contributed by atoms with Gasteiger partial charge in [0.05, 0.1) is 9.40 Å². The monoisotopic (exact) mass is 342 g/mol. The van der Waals surface area contributed by atoms with E-state index in [-0.39, 0.29) is 11.6 Å². The molecule has 0 N–H and O–H groups in total. The zero-order chi connectivity index (χ0) is 14.0. The zero-order valence-electron chi connectivity index (χ0n) is 9.76. The van der Waals surface area contributed by atoms with Crippen LogP contribution in [0.25, 0.3) is 0 Å². The Bertz CT molecular complexity index is 649. The summed E-state index contributed by atoms with van der Waals surface area (Å²) in [5, 5.41) is 11.2.